The highest BCUT2D eigenvalue weighted by Gasteiger charge is 2.21. The van der Waals surface area contributed by atoms with Crippen molar-refractivity contribution < 1.29 is 9.53 Å². The molecule has 34 heavy (non-hydrogen) atoms. The molecule has 4 nitrogen and oxygen atoms in total. The molecule has 3 aromatic carbocycles. The van der Waals surface area contributed by atoms with Crippen molar-refractivity contribution in [2.75, 3.05) is 17.8 Å². The van der Waals surface area contributed by atoms with E-state index in [1.54, 1.807) is 30.2 Å². The van der Waals surface area contributed by atoms with Crippen LogP contribution in [0.3, 0.4) is 0 Å². The molecule has 0 aliphatic heterocycles. The third-order valence-corrected chi connectivity index (χ3v) is 7.78. The molecule has 4 rings (SSSR count). The van der Waals surface area contributed by atoms with E-state index in [0.29, 0.717) is 18.9 Å². The van der Waals surface area contributed by atoms with Crippen LogP contribution in [0.4, 0.5) is 5.13 Å². The molecule has 0 radical (unpaired) electrons. The third kappa shape index (κ3) is 5.99. The van der Waals surface area contributed by atoms with Crippen LogP contribution in [0.15, 0.2) is 77.7 Å². The molecule has 0 fully saturated rings. The Morgan fingerprint density at radius 2 is 1.79 bits per heavy atom. The number of nitrogens with zero attached hydrogens (tertiary/aromatic N) is 2. The van der Waals surface area contributed by atoms with Crippen LogP contribution in [0, 0.1) is 0 Å². The van der Waals surface area contributed by atoms with Gasteiger partial charge in [-0.1, -0.05) is 67.6 Å². The molecule has 0 unspecified atom stereocenters. The summed E-state index contributed by atoms with van der Waals surface area (Å²) in [5.41, 5.74) is 3.34. The molecule has 4 aromatic rings. The second-order valence-electron chi connectivity index (χ2n) is 8.44. The summed E-state index contributed by atoms with van der Waals surface area (Å²) < 4.78 is 6.35. The zero-order valence-electron chi connectivity index (χ0n) is 19.9. The van der Waals surface area contributed by atoms with Gasteiger partial charge in [-0.2, -0.15) is 0 Å². The van der Waals surface area contributed by atoms with Gasteiger partial charge in [0.2, 0.25) is 5.91 Å². The van der Waals surface area contributed by atoms with E-state index in [0.717, 1.165) is 38.8 Å². The summed E-state index contributed by atoms with van der Waals surface area (Å²) in [6.07, 6.45) is 1.30. The number of carbonyl (C=O) groups is 1. The Labute approximate surface area is 210 Å². The molecule has 0 saturated heterocycles. The Morgan fingerprint density at radius 1 is 1.03 bits per heavy atom. The lowest BCUT2D eigenvalue weighted by Crippen LogP contribution is -2.30. The fourth-order valence-corrected chi connectivity index (χ4v) is 5.66. The molecule has 176 valence electrons. The van der Waals surface area contributed by atoms with E-state index < -0.39 is 0 Å². The lowest BCUT2D eigenvalue weighted by molar-refractivity contribution is -0.118. The third-order valence-electron chi connectivity index (χ3n) is 5.64. The quantitative estimate of drug-likeness (QED) is 0.170. The van der Waals surface area contributed by atoms with Crippen LogP contribution in [0.5, 0.6) is 5.75 Å². The lowest BCUT2D eigenvalue weighted by atomic mass is 10.0. The maximum atomic E-state index is 13.4. The summed E-state index contributed by atoms with van der Waals surface area (Å²) >= 11 is 3.36. The number of amides is 1. The van der Waals surface area contributed by atoms with Gasteiger partial charge in [0.25, 0.3) is 0 Å². The first-order chi connectivity index (χ1) is 16.5. The molecule has 1 aromatic heterocycles. The molecular weight excluding hydrogens is 460 g/mol. The first-order valence-electron chi connectivity index (χ1n) is 11.6. The number of thiazole rings is 1. The standard InChI is InChI=1S/C28H30N2O2S2/c1-20(2)24-11-7-12-25-27(24)29-28(34-25)30(19-21-9-5-4-6-10-21)26(31)13-8-18-33-23-16-14-22(32-3)15-17-23/h4-7,9-12,14-17,20H,8,13,18-19H2,1-3H3. The summed E-state index contributed by atoms with van der Waals surface area (Å²) in [6, 6.07) is 24.5. The highest BCUT2D eigenvalue weighted by Crippen LogP contribution is 2.34. The molecule has 0 N–H and O–H groups in total. The number of ether oxygens (including phenoxy) is 1. The Bertz CT molecular complexity index is 1220. The minimum atomic E-state index is 0.115. The van der Waals surface area contributed by atoms with Crippen LogP contribution >= 0.6 is 23.1 Å². The minimum absolute atomic E-state index is 0.115. The number of aromatic nitrogens is 1. The van der Waals surface area contributed by atoms with Gasteiger partial charge in [0.1, 0.15) is 5.75 Å². The van der Waals surface area contributed by atoms with E-state index in [9.17, 15) is 4.79 Å². The lowest BCUT2D eigenvalue weighted by Gasteiger charge is -2.20. The SMILES string of the molecule is COc1ccc(SCCCC(=O)N(Cc2ccccc2)c2nc3c(C(C)C)cccc3s2)cc1. The highest BCUT2D eigenvalue weighted by atomic mass is 32.2. The fourth-order valence-electron chi connectivity index (χ4n) is 3.79. The summed E-state index contributed by atoms with van der Waals surface area (Å²) in [5, 5.41) is 0.778. The Hall–Kier alpha value is -2.83. The second kappa shape index (κ2) is 11.5. The Kier molecular flexibility index (Phi) is 8.25. The van der Waals surface area contributed by atoms with Gasteiger partial charge in [-0.15, -0.1) is 11.8 Å². The van der Waals surface area contributed by atoms with Crippen molar-refractivity contribution in [2.45, 2.75) is 44.0 Å². The van der Waals surface area contributed by atoms with Crippen LogP contribution < -0.4 is 9.64 Å². The van der Waals surface area contributed by atoms with Gasteiger partial charge in [-0.05, 0) is 59.6 Å². The molecule has 0 aliphatic rings. The fraction of sp³-hybridized carbons (Fsp3) is 0.286. The summed E-state index contributed by atoms with van der Waals surface area (Å²) in [4.78, 5) is 21.4. The van der Waals surface area contributed by atoms with Crippen molar-refractivity contribution in [1.82, 2.24) is 4.98 Å². The van der Waals surface area contributed by atoms with Crippen LogP contribution in [0.2, 0.25) is 0 Å². The van der Waals surface area contributed by atoms with E-state index in [2.05, 4.69) is 56.3 Å². The van der Waals surface area contributed by atoms with Crippen molar-refractivity contribution in [3.63, 3.8) is 0 Å². The smallest absolute Gasteiger partial charge is 0.229 e. The van der Waals surface area contributed by atoms with Crippen molar-refractivity contribution in [3.8, 4) is 5.75 Å². The van der Waals surface area contributed by atoms with Crippen LogP contribution in [-0.4, -0.2) is 23.8 Å². The molecule has 0 spiro atoms. The number of methoxy groups -OCH3 is 1. The number of para-hydroxylation sites is 1. The number of carbonyl (C=O) groups excluding carboxylic acids is 1. The average molecular weight is 491 g/mol. The topological polar surface area (TPSA) is 42.4 Å². The molecular formula is C28H30N2O2S2. The number of benzene rings is 3. The second-order valence-corrected chi connectivity index (χ2v) is 10.6. The van der Waals surface area contributed by atoms with Crippen LogP contribution in [0.1, 0.15) is 43.7 Å². The zero-order valence-corrected chi connectivity index (χ0v) is 21.5. The normalized spacial score (nSPS) is 11.2. The van der Waals surface area contributed by atoms with Crippen molar-refractivity contribution >= 4 is 44.4 Å². The molecule has 0 atom stereocenters. The van der Waals surface area contributed by atoms with Crippen molar-refractivity contribution in [3.05, 3.63) is 83.9 Å². The van der Waals surface area contributed by atoms with E-state index in [4.69, 9.17) is 9.72 Å². The molecule has 1 heterocycles. The first kappa shape index (κ1) is 24.3. The van der Waals surface area contributed by atoms with Gasteiger partial charge in [-0.3, -0.25) is 9.69 Å². The Balaban J connectivity index is 1.48. The van der Waals surface area contributed by atoms with Crippen LogP contribution in [-0.2, 0) is 11.3 Å². The molecule has 1 amide bonds. The summed E-state index contributed by atoms with van der Waals surface area (Å²) in [5.74, 6) is 2.23. The average Bonchev–Trinajstić information content (AvgIpc) is 3.30. The van der Waals surface area contributed by atoms with Gasteiger partial charge in [0.15, 0.2) is 5.13 Å². The molecule has 6 heteroatoms. The van der Waals surface area contributed by atoms with Gasteiger partial charge >= 0.3 is 0 Å². The van der Waals surface area contributed by atoms with E-state index in [-0.39, 0.29) is 5.91 Å². The maximum Gasteiger partial charge on any atom is 0.229 e. The maximum absolute atomic E-state index is 13.4. The number of fused-ring (bicyclic) bond motifs is 1. The number of thioether (sulfide) groups is 1. The van der Waals surface area contributed by atoms with Crippen LogP contribution in [0.25, 0.3) is 10.2 Å². The predicted molar refractivity (Wildman–Crippen MR) is 144 cm³/mol. The van der Waals surface area contributed by atoms with Crippen molar-refractivity contribution in [2.24, 2.45) is 0 Å². The Morgan fingerprint density at radius 3 is 2.50 bits per heavy atom. The monoisotopic (exact) mass is 490 g/mol. The predicted octanol–water partition coefficient (Wildman–Crippen LogP) is 7.53. The van der Waals surface area contributed by atoms with Gasteiger partial charge in [0, 0.05) is 11.3 Å². The zero-order chi connectivity index (χ0) is 23.9. The number of hydrogen-bond donors (Lipinski definition) is 0. The van der Waals surface area contributed by atoms with Gasteiger partial charge < -0.3 is 4.74 Å². The van der Waals surface area contributed by atoms with Gasteiger partial charge in [-0.25, -0.2) is 4.98 Å². The molecule has 0 aliphatic carbocycles. The number of hydrogen-bond acceptors (Lipinski definition) is 5. The molecule has 0 bridgehead atoms. The van der Waals surface area contributed by atoms with Crippen molar-refractivity contribution in [1.29, 1.82) is 0 Å². The number of anilines is 1. The number of rotatable bonds is 10. The first-order valence-corrected chi connectivity index (χ1v) is 13.4. The molecule has 0 saturated carbocycles. The summed E-state index contributed by atoms with van der Waals surface area (Å²) in [7, 11) is 1.67. The largest absolute Gasteiger partial charge is 0.497 e. The minimum Gasteiger partial charge on any atom is -0.497 e. The van der Waals surface area contributed by atoms with E-state index >= 15 is 0 Å². The van der Waals surface area contributed by atoms with E-state index in [1.165, 1.54) is 10.5 Å². The van der Waals surface area contributed by atoms with E-state index in [1.807, 2.05) is 35.2 Å². The van der Waals surface area contributed by atoms with Gasteiger partial charge in [0.05, 0.1) is 23.9 Å². The summed E-state index contributed by atoms with van der Waals surface area (Å²) in [6.45, 7) is 4.89. The highest BCUT2D eigenvalue weighted by molar-refractivity contribution is 7.99.